The van der Waals surface area contributed by atoms with Crippen LogP contribution in [0.3, 0.4) is 0 Å². The highest BCUT2D eigenvalue weighted by Gasteiger charge is 2.32. The number of carboxylic acid groups (broad SMARTS) is 1. The topological polar surface area (TPSA) is 99.0 Å². The minimum absolute atomic E-state index is 0.198. The Balaban J connectivity index is 2.90. The van der Waals surface area contributed by atoms with Crippen molar-refractivity contribution in [2.75, 3.05) is 0 Å². The average molecular weight is 254 g/mol. The minimum Gasteiger partial charge on any atom is -0.478 e. The molecule has 0 saturated carbocycles. The second-order valence-corrected chi connectivity index (χ2v) is 4.94. The van der Waals surface area contributed by atoms with Crippen molar-refractivity contribution in [2.45, 2.75) is 39.5 Å². The number of rotatable bonds is 3. The molecule has 1 unspecified atom stereocenters. The number of carboxylic acids is 1. The van der Waals surface area contributed by atoms with E-state index in [1.54, 1.807) is 13.8 Å². The van der Waals surface area contributed by atoms with E-state index in [1.165, 1.54) is 19.9 Å². The zero-order valence-corrected chi connectivity index (χ0v) is 10.9. The molecule has 100 valence electrons. The van der Waals surface area contributed by atoms with Crippen LogP contribution in [0.5, 0.6) is 0 Å². The molecule has 1 aliphatic rings. The van der Waals surface area contributed by atoms with Gasteiger partial charge in [0.25, 0.3) is 5.91 Å². The molecule has 1 aliphatic heterocycles. The van der Waals surface area contributed by atoms with Gasteiger partial charge in [-0.3, -0.25) is 9.79 Å². The molecular formula is C12H18N2O4. The zero-order valence-electron chi connectivity index (χ0n) is 10.9. The summed E-state index contributed by atoms with van der Waals surface area (Å²) in [6.07, 6.45) is 0.819. The maximum absolute atomic E-state index is 11.7. The van der Waals surface area contributed by atoms with Crippen molar-refractivity contribution < 1.29 is 19.8 Å². The van der Waals surface area contributed by atoms with E-state index in [4.69, 9.17) is 5.11 Å². The lowest BCUT2D eigenvalue weighted by atomic mass is 9.93. The maximum Gasteiger partial charge on any atom is 0.332 e. The second-order valence-electron chi connectivity index (χ2n) is 4.94. The lowest BCUT2D eigenvalue weighted by molar-refractivity contribution is -0.138. The number of hydrogen-bond donors (Lipinski definition) is 3. The molecule has 18 heavy (non-hydrogen) atoms. The number of carbonyl (C=O) groups excluding carboxylic acids is 1. The first-order valence-electron chi connectivity index (χ1n) is 5.65. The van der Waals surface area contributed by atoms with Gasteiger partial charge in [0.1, 0.15) is 11.8 Å². The van der Waals surface area contributed by atoms with E-state index in [0.717, 1.165) is 0 Å². The largest absolute Gasteiger partial charge is 0.478 e. The summed E-state index contributed by atoms with van der Waals surface area (Å²) in [6.45, 7) is 6.06. The lowest BCUT2D eigenvalue weighted by Crippen LogP contribution is -2.49. The van der Waals surface area contributed by atoms with Crippen LogP contribution >= 0.6 is 0 Å². The molecule has 0 spiro atoms. The van der Waals surface area contributed by atoms with Gasteiger partial charge < -0.3 is 15.5 Å². The van der Waals surface area contributed by atoms with Crippen molar-refractivity contribution in [3.05, 3.63) is 11.6 Å². The summed E-state index contributed by atoms with van der Waals surface area (Å²) in [7, 11) is 0. The Bertz CT molecular complexity index is 432. The smallest absolute Gasteiger partial charge is 0.332 e. The minimum atomic E-state index is -1.52. The van der Waals surface area contributed by atoms with Gasteiger partial charge in [-0.05, 0) is 26.8 Å². The summed E-state index contributed by atoms with van der Waals surface area (Å²) in [6, 6.07) is 0. The Morgan fingerprint density at radius 1 is 1.44 bits per heavy atom. The van der Waals surface area contributed by atoms with Crippen LogP contribution in [-0.2, 0) is 9.59 Å². The number of aliphatic hydroxyl groups is 1. The molecule has 0 saturated heterocycles. The molecule has 1 heterocycles. The van der Waals surface area contributed by atoms with Crippen LogP contribution in [0, 0.1) is 5.92 Å². The molecule has 0 aromatic carbocycles. The number of nitrogens with one attached hydrogen (secondary N) is 1. The van der Waals surface area contributed by atoms with Crippen LogP contribution in [-0.4, -0.2) is 39.6 Å². The standard InChI is InChI=1S/C12H18N2O4/c1-6-5-8(10(15)16)7(2)9(13-6)14-11(17)12(3,4)18/h5,7,9,18H,1-4H3,(H,14,17)(H,15,16)/t7-,9?/m1/s1. The van der Waals surface area contributed by atoms with Crippen LogP contribution < -0.4 is 5.32 Å². The van der Waals surface area contributed by atoms with Crippen LogP contribution in [0.15, 0.2) is 16.6 Å². The summed E-state index contributed by atoms with van der Waals surface area (Å²) in [4.78, 5) is 26.9. The number of dihydropyridines is 1. The first-order chi connectivity index (χ1) is 8.12. The van der Waals surface area contributed by atoms with Gasteiger partial charge in [0.2, 0.25) is 0 Å². The molecule has 3 N–H and O–H groups in total. The second kappa shape index (κ2) is 4.89. The van der Waals surface area contributed by atoms with Crippen LogP contribution in [0.25, 0.3) is 0 Å². The Labute approximate surface area is 105 Å². The van der Waals surface area contributed by atoms with Gasteiger partial charge in [-0.2, -0.15) is 0 Å². The number of allylic oxidation sites excluding steroid dienone is 1. The van der Waals surface area contributed by atoms with Crippen molar-refractivity contribution in [1.82, 2.24) is 5.32 Å². The Kier molecular flexibility index (Phi) is 3.91. The zero-order chi connectivity index (χ0) is 14.1. The molecule has 2 atom stereocenters. The average Bonchev–Trinajstić information content (AvgIpc) is 2.21. The predicted octanol–water partition coefficient (Wildman–Crippen LogP) is 0.321. The predicted molar refractivity (Wildman–Crippen MR) is 66.2 cm³/mol. The van der Waals surface area contributed by atoms with Crippen molar-refractivity contribution in [3.8, 4) is 0 Å². The third-order valence-corrected chi connectivity index (χ3v) is 2.75. The van der Waals surface area contributed by atoms with E-state index in [1.807, 2.05) is 0 Å². The van der Waals surface area contributed by atoms with Crippen LogP contribution in [0.2, 0.25) is 0 Å². The van der Waals surface area contributed by atoms with Crippen molar-refractivity contribution in [3.63, 3.8) is 0 Å². The monoisotopic (exact) mass is 254 g/mol. The normalized spacial score (nSPS) is 24.1. The molecule has 0 fully saturated rings. The van der Waals surface area contributed by atoms with Crippen LogP contribution in [0.4, 0.5) is 0 Å². The molecule has 0 aromatic heterocycles. The highest BCUT2D eigenvalue weighted by molar-refractivity contribution is 6.02. The van der Waals surface area contributed by atoms with Crippen molar-refractivity contribution in [1.29, 1.82) is 0 Å². The van der Waals surface area contributed by atoms with Crippen LogP contribution in [0.1, 0.15) is 27.7 Å². The first-order valence-corrected chi connectivity index (χ1v) is 5.65. The fourth-order valence-electron chi connectivity index (χ4n) is 1.62. The fourth-order valence-corrected chi connectivity index (χ4v) is 1.62. The van der Waals surface area contributed by atoms with Gasteiger partial charge in [-0.25, -0.2) is 4.79 Å². The van der Waals surface area contributed by atoms with E-state index >= 15 is 0 Å². The highest BCUT2D eigenvalue weighted by Crippen LogP contribution is 2.21. The molecule has 1 amide bonds. The number of hydrogen-bond acceptors (Lipinski definition) is 4. The first kappa shape index (κ1) is 14.4. The number of carbonyl (C=O) groups is 2. The maximum atomic E-state index is 11.7. The van der Waals surface area contributed by atoms with E-state index in [2.05, 4.69) is 10.3 Å². The number of aliphatic imine (C=N–C) groups is 1. The van der Waals surface area contributed by atoms with E-state index in [9.17, 15) is 14.7 Å². The van der Waals surface area contributed by atoms with Gasteiger partial charge in [0.05, 0.1) is 0 Å². The van der Waals surface area contributed by atoms with Gasteiger partial charge >= 0.3 is 5.97 Å². The van der Waals surface area contributed by atoms with Gasteiger partial charge in [-0.1, -0.05) is 6.92 Å². The molecule has 6 nitrogen and oxygen atoms in total. The summed E-state index contributed by atoms with van der Waals surface area (Å²) >= 11 is 0. The SMILES string of the molecule is CC1=NC(NC(=O)C(C)(C)O)[C@H](C)C(C(=O)O)=C1. The van der Waals surface area contributed by atoms with E-state index < -0.39 is 29.6 Å². The lowest BCUT2D eigenvalue weighted by Gasteiger charge is -2.28. The third kappa shape index (κ3) is 3.16. The van der Waals surface area contributed by atoms with Crippen molar-refractivity contribution >= 4 is 17.6 Å². The van der Waals surface area contributed by atoms with Crippen molar-refractivity contribution in [2.24, 2.45) is 10.9 Å². The summed E-state index contributed by atoms with van der Waals surface area (Å²) < 4.78 is 0. The summed E-state index contributed by atoms with van der Waals surface area (Å²) in [5.74, 6) is -2.06. The molecular weight excluding hydrogens is 236 g/mol. The van der Waals surface area contributed by atoms with E-state index in [0.29, 0.717) is 5.71 Å². The fraction of sp³-hybridized carbons (Fsp3) is 0.583. The number of aliphatic carboxylic acids is 1. The molecule has 0 radical (unpaired) electrons. The van der Waals surface area contributed by atoms with Gasteiger partial charge in [-0.15, -0.1) is 0 Å². The Hall–Kier alpha value is -1.69. The number of nitrogens with zero attached hydrogens (tertiary/aromatic N) is 1. The molecule has 0 bridgehead atoms. The van der Waals surface area contributed by atoms with Gasteiger partial charge in [0.15, 0.2) is 0 Å². The van der Waals surface area contributed by atoms with E-state index in [-0.39, 0.29) is 5.57 Å². The Morgan fingerprint density at radius 3 is 2.44 bits per heavy atom. The molecule has 0 aromatic rings. The summed E-state index contributed by atoms with van der Waals surface area (Å²) in [5, 5.41) is 21.1. The highest BCUT2D eigenvalue weighted by atomic mass is 16.4. The number of amides is 1. The third-order valence-electron chi connectivity index (χ3n) is 2.75. The Morgan fingerprint density at radius 2 is 2.00 bits per heavy atom. The molecule has 1 rings (SSSR count). The van der Waals surface area contributed by atoms with Gasteiger partial charge in [0, 0.05) is 17.2 Å². The molecule has 6 heteroatoms. The quantitative estimate of drug-likeness (QED) is 0.675. The summed E-state index contributed by atoms with van der Waals surface area (Å²) in [5.41, 5.74) is -0.789. The molecule has 0 aliphatic carbocycles.